The van der Waals surface area contributed by atoms with Crippen LogP contribution in [0.2, 0.25) is 0 Å². The van der Waals surface area contributed by atoms with Crippen LogP contribution in [0.25, 0.3) is 10.9 Å². The topological polar surface area (TPSA) is 54.4 Å². The summed E-state index contributed by atoms with van der Waals surface area (Å²) in [5.41, 5.74) is 3.43. The maximum atomic E-state index is 5.38. The number of ether oxygens (including phenoxy) is 1. The first-order valence-electron chi connectivity index (χ1n) is 8.94. The van der Waals surface area contributed by atoms with Gasteiger partial charge in [0.15, 0.2) is 0 Å². The zero-order chi connectivity index (χ0) is 17.8. The maximum absolute atomic E-state index is 5.38. The van der Waals surface area contributed by atoms with Crippen LogP contribution in [-0.4, -0.2) is 53.2 Å². The standard InChI is InChI=1S/C20H23N5O/c1-24(15-17-4-2-6-19-18(17)5-3-7-21-19)14-16-12-22-20(23-13-16)25-8-10-26-11-9-25/h2-7,12-13H,8-11,14-15H2,1H3. The second-order valence-corrected chi connectivity index (χ2v) is 6.65. The van der Waals surface area contributed by atoms with E-state index < -0.39 is 0 Å². The van der Waals surface area contributed by atoms with Gasteiger partial charge in [-0.25, -0.2) is 9.97 Å². The van der Waals surface area contributed by atoms with Gasteiger partial charge in [0.25, 0.3) is 0 Å². The Balaban J connectivity index is 1.42. The summed E-state index contributed by atoms with van der Waals surface area (Å²) >= 11 is 0. The fraction of sp³-hybridized carbons (Fsp3) is 0.350. The molecule has 6 nitrogen and oxygen atoms in total. The quantitative estimate of drug-likeness (QED) is 0.705. The second-order valence-electron chi connectivity index (χ2n) is 6.65. The number of rotatable bonds is 5. The zero-order valence-electron chi connectivity index (χ0n) is 15.0. The third-order valence-corrected chi connectivity index (χ3v) is 4.61. The minimum atomic E-state index is 0.744. The van der Waals surface area contributed by atoms with Gasteiger partial charge in [-0.05, 0) is 24.7 Å². The predicted molar refractivity (Wildman–Crippen MR) is 102 cm³/mol. The van der Waals surface area contributed by atoms with E-state index in [2.05, 4.69) is 56.1 Å². The van der Waals surface area contributed by atoms with Crippen LogP contribution in [0.3, 0.4) is 0 Å². The summed E-state index contributed by atoms with van der Waals surface area (Å²) in [6, 6.07) is 10.4. The molecule has 1 aromatic carbocycles. The second kappa shape index (κ2) is 7.76. The molecule has 0 radical (unpaired) electrons. The van der Waals surface area contributed by atoms with Gasteiger partial charge in [0.05, 0.1) is 18.7 Å². The van der Waals surface area contributed by atoms with Crippen molar-refractivity contribution >= 4 is 16.9 Å². The Hall–Kier alpha value is -2.57. The van der Waals surface area contributed by atoms with E-state index in [9.17, 15) is 0 Å². The zero-order valence-corrected chi connectivity index (χ0v) is 15.0. The van der Waals surface area contributed by atoms with Gasteiger partial charge in [0.2, 0.25) is 5.95 Å². The Morgan fingerprint density at radius 2 is 1.81 bits per heavy atom. The molecule has 0 amide bonds. The van der Waals surface area contributed by atoms with Crippen molar-refractivity contribution in [1.29, 1.82) is 0 Å². The highest BCUT2D eigenvalue weighted by Gasteiger charge is 2.13. The highest BCUT2D eigenvalue weighted by atomic mass is 16.5. The van der Waals surface area contributed by atoms with Gasteiger partial charge < -0.3 is 9.64 Å². The highest BCUT2D eigenvalue weighted by Crippen LogP contribution is 2.18. The van der Waals surface area contributed by atoms with Gasteiger partial charge in [-0.1, -0.05) is 18.2 Å². The molecule has 4 rings (SSSR count). The Morgan fingerprint density at radius 3 is 2.62 bits per heavy atom. The lowest BCUT2D eigenvalue weighted by Crippen LogP contribution is -2.37. The van der Waals surface area contributed by atoms with Gasteiger partial charge in [0.1, 0.15) is 0 Å². The average Bonchev–Trinajstić information content (AvgIpc) is 2.69. The van der Waals surface area contributed by atoms with Crippen LogP contribution in [0.4, 0.5) is 5.95 Å². The normalized spacial score (nSPS) is 14.9. The van der Waals surface area contributed by atoms with Crippen molar-refractivity contribution in [2.45, 2.75) is 13.1 Å². The Morgan fingerprint density at radius 1 is 1.00 bits per heavy atom. The summed E-state index contributed by atoms with van der Waals surface area (Å²) in [6.07, 6.45) is 5.70. The molecule has 1 aliphatic heterocycles. The number of fused-ring (bicyclic) bond motifs is 1. The third kappa shape index (κ3) is 3.81. The molecule has 0 spiro atoms. The van der Waals surface area contributed by atoms with Crippen LogP contribution in [0.1, 0.15) is 11.1 Å². The van der Waals surface area contributed by atoms with Crippen LogP contribution in [0.15, 0.2) is 48.9 Å². The summed E-state index contributed by atoms with van der Waals surface area (Å²) in [6.45, 7) is 4.86. The first-order valence-corrected chi connectivity index (χ1v) is 8.94. The fourth-order valence-electron chi connectivity index (χ4n) is 3.32. The van der Waals surface area contributed by atoms with Gasteiger partial charge in [0, 0.05) is 55.7 Å². The summed E-state index contributed by atoms with van der Waals surface area (Å²) < 4.78 is 5.38. The fourth-order valence-corrected chi connectivity index (χ4v) is 3.32. The van der Waals surface area contributed by atoms with Gasteiger partial charge in [-0.3, -0.25) is 9.88 Å². The van der Waals surface area contributed by atoms with Crippen LogP contribution in [-0.2, 0) is 17.8 Å². The van der Waals surface area contributed by atoms with Crippen LogP contribution < -0.4 is 4.90 Å². The number of nitrogens with zero attached hydrogens (tertiary/aromatic N) is 5. The molecule has 0 unspecified atom stereocenters. The summed E-state index contributed by atoms with van der Waals surface area (Å²) in [7, 11) is 2.12. The number of hydrogen-bond acceptors (Lipinski definition) is 6. The van der Waals surface area contributed by atoms with E-state index in [1.165, 1.54) is 10.9 Å². The summed E-state index contributed by atoms with van der Waals surface area (Å²) in [4.78, 5) is 17.9. The van der Waals surface area contributed by atoms with E-state index in [1.54, 1.807) is 0 Å². The molecular weight excluding hydrogens is 326 g/mol. The lowest BCUT2D eigenvalue weighted by atomic mass is 10.1. The first-order chi connectivity index (χ1) is 12.8. The van der Waals surface area contributed by atoms with E-state index in [0.717, 1.165) is 56.4 Å². The molecule has 3 aromatic rings. The molecule has 1 aliphatic rings. The number of benzene rings is 1. The predicted octanol–water partition coefficient (Wildman–Crippen LogP) is 2.49. The van der Waals surface area contributed by atoms with Gasteiger partial charge in [-0.15, -0.1) is 0 Å². The van der Waals surface area contributed by atoms with E-state index in [1.807, 2.05) is 24.7 Å². The summed E-state index contributed by atoms with van der Waals surface area (Å²) in [5, 5.41) is 1.21. The maximum Gasteiger partial charge on any atom is 0.225 e. The highest BCUT2D eigenvalue weighted by molar-refractivity contribution is 5.81. The van der Waals surface area contributed by atoms with Crippen molar-refractivity contribution in [3.8, 4) is 0 Å². The van der Waals surface area contributed by atoms with Crippen LogP contribution >= 0.6 is 0 Å². The number of pyridine rings is 1. The monoisotopic (exact) mass is 349 g/mol. The molecule has 0 atom stereocenters. The molecule has 26 heavy (non-hydrogen) atoms. The SMILES string of the molecule is CN(Cc1cnc(N2CCOCC2)nc1)Cc1cccc2ncccc12. The van der Waals surface area contributed by atoms with Gasteiger partial charge >= 0.3 is 0 Å². The first kappa shape index (κ1) is 16.9. The van der Waals surface area contributed by atoms with Crippen molar-refractivity contribution in [2.75, 3.05) is 38.3 Å². The number of aromatic nitrogens is 3. The molecule has 0 N–H and O–H groups in total. The Bertz CT molecular complexity index is 856. The Labute approximate surface area is 153 Å². The van der Waals surface area contributed by atoms with Crippen molar-refractivity contribution in [2.24, 2.45) is 0 Å². The molecule has 0 aliphatic carbocycles. The van der Waals surface area contributed by atoms with E-state index in [-0.39, 0.29) is 0 Å². The molecular formula is C20H23N5O. The largest absolute Gasteiger partial charge is 0.378 e. The lowest BCUT2D eigenvalue weighted by molar-refractivity contribution is 0.122. The molecule has 2 aromatic heterocycles. The van der Waals surface area contributed by atoms with Crippen molar-refractivity contribution < 1.29 is 4.74 Å². The minimum Gasteiger partial charge on any atom is -0.378 e. The van der Waals surface area contributed by atoms with E-state index >= 15 is 0 Å². The number of hydrogen-bond donors (Lipinski definition) is 0. The Kier molecular flexibility index (Phi) is 5.04. The van der Waals surface area contributed by atoms with E-state index in [0.29, 0.717) is 0 Å². The molecule has 134 valence electrons. The van der Waals surface area contributed by atoms with Crippen LogP contribution in [0.5, 0.6) is 0 Å². The third-order valence-electron chi connectivity index (χ3n) is 4.61. The molecule has 0 bridgehead atoms. The molecule has 3 heterocycles. The number of anilines is 1. The van der Waals surface area contributed by atoms with Crippen LogP contribution in [0, 0.1) is 0 Å². The van der Waals surface area contributed by atoms with Crippen molar-refractivity contribution in [1.82, 2.24) is 19.9 Å². The van der Waals surface area contributed by atoms with E-state index in [4.69, 9.17) is 4.74 Å². The lowest BCUT2D eigenvalue weighted by Gasteiger charge is -2.26. The molecule has 1 saturated heterocycles. The molecule has 6 heteroatoms. The van der Waals surface area contributed by atoms with Gasteiger partial charge in [-0.2, -0.15) is 0 Å². The molecule has 0 saturated carbocycles. The molecule has 1 fully saturated rings. The summed E-state index contributed by atoms with van der Waals surface area (Å²) in [5.74, 6) is 0.792. The average molecular weight is 349 g/mol. The number of morpholine rings is 1. The van der Waals surface area contributed by atoms with Crippen molar-refractivity contribution in [3.05, 3.63) is 60.0 Å². The van der Waals surface area contributed by atoms with Crippen molar-refractivity contribution in [3.63, 3.8) is 0 Å². The minimum absolute atomic E-state index is 0.744. The smallest absolute Gasteiger partial charge is 0.225 e.